The summed E-state index contributed by atoms with van der Waals surface area (Å²) in [4.78, 5) is 35.9. The Labute approximate surface area is 114 Å². The molecule has 0 spiro atoms. The zero-order chi connectivity index (χ0) is 14.3. The van der Waals surface area contributed by atoms with Gasteiger partial charge in [-0.25, -0.2) is 4.79 Å². The Morgan fingerprint density at radius 1 is 1.20 bits per heavy atom. The molecule has 0 radical (unpaired) electrons. The second kappa shape index (κ2) is 4.72. The highest BCUT2D eigenvalue weighted by molar-refractivity contribution is 6.21. The van der Waals surface area contributed by atoms with Gasteiger partial charge in [0.1, 0.15) is 0 Å². The number of carbonyl (C=O) groups excluding carboxylic acids is 2. The highest BCUT2D eigenvalue weighted by Crippen LogP contribution is 2.28. The van der Waals surface area contributed by atoms with Gasteiger partial charge in [0.15, 0.2) is 6.10 Å². The molecule has 2 aliphatic rings. The molecule has 0 aromatic heterocycles. The minimum Gasteiger partial charge on any atom is -0.479 e. The molecule has 3 rings (SSSR count). The zero-order valence-corrected chi connectivity index (χ0v) is 10.6. The minimum absolute atomic E-state index is 0.280. The summed E-state index contributed by atoms with van der Waals surface area (Å²) in [6, 6.07) is 6.73. The first kappa shape index (κ1) is 12.8. The van der Waals surface area contributed by atoms with Crippen molar-refractivity contribution in [3.05, 3.63) is 35.4 Å². The van der Waals surface area contributed by atoms with Gasteiger partial charge in [-0.3, -0.25) is 14.5 Å². The quantitative estimate of drug-likeness (QED) is 0.637. The predicted molar refractivity (Wildman–Crippen MR) is 67.3 cm³/mol. The van der Waals surface area contributed by atoms with Crippen LogP contribution in [-0.4, -0.2) is 46.5 Å². The molecule has 0 aliphatic carbocycles. The Balaban J connectivity index is 1.56. The smallest absolute Gasteiger partial charge is 0.335 e. The first-order valence-corrected chi connectivity index (χ1v) is 6.43. The molecule has 2 aliphatic heterocycles. The summed E-state index contributed by atoms with van der Waals surface area (Å²) >= 11 is 0. The van der Waals surface area contributed by atoms with Crippen molar-refractivity contribution < 1.29 is 24.2 Å². The van der Waals surface area contributed by atoms with Crippen LogP contribution < -0.4 is 0 Å². The summed E-state index contributed by atoms with van der Waals surface area (Å²) in [5.74, 6) is -1.52. The number of carboxylic acids is 1. The van der Waals surface area contributed by atoms with Crippen molar-refractivity contribution in [2.75, 3.05) is 6.54 Å². The van der Waals surface area contributed by atoms with Gasteiger partial charge in [-0.2, -0.15) is 0 Å². The first-order valence-electron chi connectivity index (χ1n) is 6.43. The van der Waals surface area contributed by atoms with Gasteiger partial charge in [0.05, 0.1) is 17.2 Å². The second-order valence-electron chi connectivity index (χ2n) is 4.88. The Bertz CT molecular complexity index is 562. The molecule has 2 atom stereocenters. The zero-order valence-electron chi connectivity index (χ0n) is 10.6. The van der Waals surface area contributed by atoms with Crippen LogP contribution in [0.2, 0.25) is 0 Å². The Hall–Kier alpha value is -2.21. The van der Waals surface area contributed by atoms with Gasteiger partial charge in [0, 0.05) is 6.54 Å². The van der Waals surface area contributed by atoms with Crippen LogP contribution in [0.25, 0.3) is 0 Å². The maximum Gasteiger partial charge on any atom is 0.335 e. The molecule has 1 fully saturated rings. The van der Waals surface area contributed by atoms with E-state index in [-0.39, 0.29) is 17.9 Å². The summed E-state index contributed by atoms with van der Waals surface area (Å²) in [5, 5.41) is 8.69. The van der Waals surface area contributed by atoms with E-state index in [1.165, 1.54) is 4.90 Å². The number of aliphatic carboxylic acids is 1. The van der Waals surface area contributed by atoms with Gasteiger partial charge in [-0.15, -0.1) is 0 Å². The highest BCUT2D eigenvalue weighted by Gasteiger charge is 2.44. The number of carbonyl (C=O) groups is 3. The number of hydrogen-bond acceptors (Lipinski definition) is 4. The third-order valence-electron chi connectivity index (χ3n) is 3.57. The highest BCUT2D eigenvalue weighted by atomic mass is 16.6. The number of fused-ring (bicyclic) bond motifs is 1. The molecule has 0 bridgehead atoms. The maximum atomic E-state index is 12.1. The van der Waals surface area contributed by atoms with E-state index in [2.05, 4.69) is 0 Å². The Morgan fingerprint density at radius 2 is 1.80 bits per heavy atom. The third kappa shape index (κ3) is 2.08. The lowest BCUT2D eigenvalue weighted by atomic mass is 10.1. The number of carboxylic acid groups (broad SMARTS) is 1. The molecule has 2 unspecified atom stereocenters. The van der Waals surface area contributed by atoms with Gasteiger partial charge in [0.25, 0.3) is 11.8 Å². The number of ether oxygens (including phenoxy) is 1. The van der Waals surface area contributed by atoms with Crippen molar-refractivity contribution in [1.29, 1.82) is 0 Å². The molecule has 1 N–H and O–H groups in total. The number of epoxide rings is 1. The molecule has 1 aromatic carbocycles. The van der Waals surface area contributed by atoms with E-state index in [9.17, 15) is 14.4 Å². The molecule has 1 saturated heterocycles. The molecule has 1 aromatic rings. The van der Waals surface area contributed by atoms with Crippen LogP contribution in [0, 0.1) is 0 Å². The van der Waals surface area contributed by atoms with E-state index in [4.69, 9.17) is 9.84 Å². The monoisotopic (exact) mass is 275 g/mol. The van der Waals surface area contributed by atoms with Gasteiger partial charge in [-0.1, -0.05) is 12.1 Å². The molecular formula is C14H13NO5. The summed E-state index contributed by atoms with van der Waals surface area (Å²) < 4.78 is 4.97. The van der Waals surface area contributed by atoms with Crippen molar-refractivity contribution in [2.45, 2.75) is 25.0 Å². The fourth-order valence-electron chi connectivity index (χ4n) is 2.47. The normalized spacial score (nSPS) is 23.9. The van der Waals surface area contributed by atoms with Crippen LogP contribution >= 0.6 is 0 Å². The molecule has 6 heteroatoms. The Morgan fingerprint density at radius 3 is 2.30 bits per heavy atom. The van der Waals surface area contributed by atoms with E-state index in [1.54, 1.807) is 24.3 Å². The standard InChI is InChI=1S/C14H13NO5/c16-12-8-4-1-2-5-9(8)13(17)15(12)7-3-6-10-11(20-10)14(18)19/h1-2,4-5,10-11H,3,6-7H2,(H,18,19). The average molecular weight is 275 g/mol. The van der Waals surface area contributed by atoms with Crippen LogP contribution in [-0.2, 0) is 9.53 Å². The number of nitrogens with zero attached hydrogens (tertiary/aromatic N) is 1. The van der Waals surface area contributed by atoms with E-state index < -0.39 is 12.1 Å². The van der Waals surface area contributed by atoms with Crippen molar-refractivity contribution in [2.24, 2.45) is 0 Å². The van der Waals surface area contributed by atoms with Gasteiger partial charge >= 0.3 is 5.97 Å². The molecule has 20 heavy (non-hydrogen) atoms. The van der Waals surface area contributed by atoms with Crippen molar-refractivity contribution >= 4 is 17.8 Å². The lowest BCUT2D eigenvalue weighted by molar-refractivity contribution is -0.138. The topological polar surface area (TPSA) is 87.2 Å². The number of imide groups is 1. The molecule has 0 saturated carbocycles. The SMILES string of the molecule is O=C(O)C1OC1CCCN1C(=O)c2ccccc2C1=O. The molecule has 2 amide bonds. The largest absolute Gasteiger partial charge is 0.479 e. The van der Waals surface area contributed by atoms with E-state index >= 15 is 0 Å². The van der Waals surface area contributed by atoms with E-state index in [1.807, 2.05) is 0 Å². The van der Waals surface area contributed by atoms with Crippen LogP contribution in [0.3, 0.4) is 0 Å². The van der Waals surface area contributed by atoms with Gasteiger partial charge < -0.3 is 9.84 Å². The molecular weight excluding hydrogens is 262 g/mol. The van der Waals surface area contributed by atoms with Gasteiger partial charge in [-0.05, 0) is 25.0 Å². The molecule has 2 heterocycles. The third-order valence-corrected chi connectivity index (χ3v) is 3.57. The summed E-state index contributed by atoms with van der Waals surface area (Å²) in [5.41, 5.74) is 0.868. The summed E-state index contributed by atoms with van der Waals surface area (Å²) in [7, 11) is 0. The Kier molecular flexibility index (Phi) is 3.02. The maximum absolute atomic E-state index is 12.1. The van der Waals surface area contributed by atoms with Crippen LogP contribution in [0.4, 0.5) is 0 Å². The number of benzene rings is 1. The lowest BCUT2D eigenvalue weighted by Crippen LogP contribution is -2.30. The fourth-order valence-corrected chi connectivity index (χ4v) is 2.47. The van der Waals surface area contributed by atoms with Crippen molar-refractivity contribution in [3.8, 4) is 0 Å². The van der Waals surface area contributed by atoms with Crippen LogP contribution in [0.1, 0.15) is 33.6 Å². The van der Waals surface area contributed by atoms with Crippen molar-refractivity contribution in [3.63, 3.8) is 0 Å². The van der Waals surface area contributed by atoms with Crippen molar-refractivity contribution in [1.82, 2.24) is 4.90 Å². The van der Waals surface area contributed by atoms with E-state index in [0.717, 1.165) is 0 Å². The summed E-state index contributed by atoms with van der Waals surface area (Å²) in [6.45, 7) is 0.290. The first-order chi connectivity index (χ1) is 9.59. The van der Waals surface area contributed by atoms with Crippen LogP contribution in [0.5, 0.6) is 0 Å². The van der Waals surface area contributed by atoms with Crippen LogP contribution in [0.15, 0.2) is 24.3 Å². The number of amides is 2. The predicted octanol–water partition coefficient (Wildman–Crippen LogP) is 0.915. The second-order valence-corrected chi connectivity index (χ2v) is 4.88. The molecule has 104 valence electrons. The minimum atomic E-state index is -0.962. The average Bonchev–Trinajstić information content (AvgIpc) is 3.17. The molecule has 6 nitrogen and oxygen atoms in total. The fraction of sp³-hybridized carbons (Fsp3) is 0.357. The van der Waals surface area contributed by atoms with E-state index in [0.29, 0.717) is 30.5 Å². The number of hydrogen-bond donors (Lipinski definition) is 1. The van der Waals surface area contributed by atoms with Gasteiger partial charge in [0.2, 0.25) is 0 Å². The lowest BCUT2D eigenvalue weighted by Gasteiger charge is -2.12. The number of rotatable bonds is 5. The summed E-state index contributed by atoms with van der Waals surface area (Å²) in [6.07, 6.45) is 0.0597.